The molecule has 0 aliphatic carbocycles. The van der Waals surface area contributed by atoms with E-state index in [-0.39, 0.29) is 19.1 Å². The third-order valence-electron chi connectivity index (χ3n) is 3.55. The summed E-state index contributed by atoms with van der Waals surface area (Å²) in [6.45, 7) is 0.358. The fourth-order valence-corrected chi connectivity index (χ4v) is 2.46. The molecule has 3 N–H and O–H groups in total. The van der Waals surface area contributed by atoms with Gasteiger partial charge in [0.2, 0.25) is 0 Å². The molecule has 1 aliphatic rings. The lowest BCUT2D eigenvalue weighted by atomic mass is 10.0. The third kappa shape index (κ3) is 2.14. The standard InChI is InChI=1S/C14H14N2O4/c17-13(16-11-7-20-6-10(11)14(18)19)9-3-1-2-8-4-5-15-12(8)9/h1-5,10-11,15H,6-7H2,(H,16,17)(H,18,19). The number of aromatic amines is 1. The first-order valence-corrected chi connectivity index (χ1v) is 6.34. The van der Waals surface area contributed by atoms with E-state index in [0.717, 1.165) is 10.9 Å². The topological polar surface area (TPSA) is 91.4 Å². The van der Waals surface area contributed by atoms with Crippen LogP contribution in [-0.2, 0) is 9.53 Å². The van der Waals surface area contributed by atoms with Gasteiger partial charge in [-0.1, -0.05) is 12.1 Å². The number of H-pyrrole nitrogens is 1. The van der Waals surface area contributed by atoms with Gasteiger partial charge < -0.3 is 20.1 Å². The molecule has 0 radical (unpaired) electrons. The molecular weight excluding hydrogens is 260 g/mol. The Morgan fingerprint density at radius 3 is 2.95 bits per heavy atom. The van der Waals surface area contributed by atoms with E-state index in [1.165, 1.54) is 0 Å². The Kier molecular flexibility index (Phi) is 3.15. The van der Waals surface area contributed by atoms with Gasteiger partial charge in [-0.15, -0.1) is 0 Å². The van der Waals surface area contributed by atoms with Gasteiger partial charge in [-0.2, -0.15) is 0 Å². The lowest BCUT2D eigenvalue weighted by Crippen LogP contribution is -2.42. The zero-order chi connectivity index (χ0) is 14.1. The largest absolute Gasteiger partial charge is 0.481 e. The summed E-state index contributed by atoms with van der Waals surface area (Å²) >= 11 is 0. The average Bonchev–Trinajstić information content (AvgIpc) is 3.05. The molecule has 1 fully saturated rings. The number of carbonyl (C=O) groups is 2. The Morgan fingerprint density at radius 1 is 1.30 bits per heavy atom. The van der Waals surface area contributed by atoms with Crippen molar-refractivity contribution in [2.45, 2.75) is 6.04 Å². The predicted octanol–water partition coefficient (Wildman–Crippen LogP) is 0.997. The van der Waals surface area contributed by atoms with Gasteiger partial charge in [0.15, 0.2) is 0 Å². The molecule has 6 heteroatoms. The summed E-state index contributed by atoms with van der Waals surface area (Å²) in [5.41, 5.74) is 1.25. The van der Waals surface area contributed by atoms with E-state index in [2.05, 4.69) is 10.3 Å². The van der Waals surface area contributed by atoms with Gasteiger partial charge >= 0.3 is 5.97 Å². The van der Waals surface area contributed by atoms with Crippen molar-refractivity contribution in [3.05, 3.63) is 36.0 Å². The second-order valence-corrected chi connectivity index (χ2v) is 4.81. The van der Waals surface area contributed by atoms with Crippen LogP contribution in [0.1, 0.15) is 10.4 Å². The second-order valence-electron chi connectivity index (χ2n) is 4.81. The molecule has 2 heterocycles. The van der Waals surface area contributed by atoms with E-state index in [1.807, 2.05) is 12.1 Å². The van der Waals surface area contributed by atoms with Crippen LogP contribution in [0, 0.1) is 5.92 Å². The molecule has 2 aromatic rings. The SMILES string of the molecule is O=C(NC1COCC1C(=O)O)c1cccc2cc[nH]c12. The van der Waals surface area contributed by atoms with Gasteiger partial charge in [0.25, 0.3) is 5.91 Å². The number of fused-ring (bicyclic) bond motifs is 1. The maximum Gasteiger partial charge on any atom is 0.311 e. The summed E-state index contributed by atoms with van der Waals surface area (Å²) in [4.78, 5) is 26.4. The van der Waals surface area contributed by atoms with Crippen LogP contribution in [0.3, 0.4) is 0 Å². The number of carbonyl (C=O) groups excluding carboxylic acids is 1. The van der Waals surface area contributed by atoms with Gasteiger partial charge in [-0.3, -0.25) is 9.59 Å². The number of rotatable bonds is 3. The minimum atomic E-state index is -0.953. The molecule has 0 spiro atoms. The summed E-state index contributed by atoms with van der Waals surface area (Å²) in [5, 5.41) is 12.8. The highest BCUT2D eigenvalue weighted by atomic mass is 16.5. The Bertz CT molecular complexity index is 664. The first-order valence-electron chi connectivity index (χ1n) is 6.34. The minimum Gasteiger partial charge on any atom is -0.481 e. The van der Waals surface area contributed by atoms with Crippen molar-refractivity contribution >= 4 is 22.8 Å². The zero-order valence-corrected chi connectivity index (χ0v) is 10.6. The van der Waals surface area contributed by atoms with Crippen molar-refractivity contribution in [1.82, 2.24) is 10.3 Å². The molecule has 104 valence electrons. The molecule has 1 aliphatic heterocycles. The highest BCUT2D eigenvalue weighted by molar-refractivity contribution is 6.05. The van der Waals surface area contributed by atoms with Crippen LogP contribution in [0.4, 0.5) is 0 Å². The van der Waals surface area contributed by atoms with E-state index in [0.29, 0.717) is 5.56 Å². The van der Waals surface area contributed by atoms with Crippen LogP contribution in [0.2, 0.25) is 0 Å². The quantitative estimate of drug-likeness (QED) is 0.778. The smallest absolute Gasteiger partial charge is 0.311 e. The summed E-state index contributed by atoms with van der Waals surface area (Å²) in [5.74, 6) is -1.94. The fourth-order valence-electron chi connectivity index (χ4n) is 2.46. The normalized spacial score (nSPS) is 22.0. The highest BCUT2D eigenvalue weighted by Crippen LogP contribution is 2.19. The highest BCUT2D eigenvalue weighted by Gasteiger charge is 2.35. The van der Waals surface area contributed by atoms with E-state index >= 15 is 0 Å². The first-order chi connectivity index (χ1) is 9.66. The number of ether oxygens (including phenoxy) is 1. The Morgan fingerprint density at radius 2 is 2.15 bits per heavy atom. The number of aliphatic carboxylic acids is 1. The summed E-state index contributed by atoms with van der Waals surface area (Å²) in [6, 6.07) is 6.79. The molecule has 1 saturated heterocycles. The molecule has 2 unspecified atom stereocenters. The van der Waals surface area contributed by atoms with Crippen LogP contribution in [-0.4, -0.2) is 41.2 Å². The Hall–Kier alpha value is -2.34. The molecule has 0 saturated carbocycles. The number of carboxylic acids is 1. The number of carboxylic acid groups (broad SMARTS) is 1. The van der Waals surface area contributed by atoms with Crippen LogP contribution < -0.4 is 5.32 Å². The molecular formula is C14H14N2O4. The predicted molar refractivity (Wildman–Crippen MR) is 71.5 cm³/mol. The summed E-state index contributed by atoms with van der Waals surface area (Å²) in [6.07, 6.45) is 1.76. The van der Waals surface area contributed by atoms with Crippen molar-refractivity contribution in [3.63, 3.8) is 0 Å². The van der Waals surface area contributed by atoms with E-state index in [1.54, 1.807) is 18.3 Å². The number of hydrogen-bond donors (Lipinski definition) is 3. The Labute approximate surface area is 114 Å². The maximum atomic E-state index is 12.3. The lowest BCUT2D eigenvalue weighted by Gasteiger charge is -2.15. The number of para-hydroxylation sites is 1. The van der Waals surface area contributed by atoms with Crippen LogP contribution in [0.25, 0.3) is 10.9 Å². The molecule has 1 aromatic carbocycles. The minimum absolute atomic E-state index is 0.132. The molecule has 2 atom stereocenters. The van der Waals surface area contributed by atoms with Crippen molar-refractivity contribution < 1.29 is 19.4 Å². The monoisotopic (exact) mass is 274 g/mol. The molecule has 1 amide bonds. The van der Waals surface area contributed by atoms with Crippen molar-refractivity contribution in [3.8, 4) is 0 Å². The van der Waals surface area contributed by atoms with Crippen molar-refractivity contribution in [2.24, 2.45) is 5.92 Å². The third-order valence-corrected chi connectivity index (χ3v) is 3.55. The van der Waals surface area contributed by atoms with E-state index < -0.39 is 17.9 Å². The van der Waals surface area contributed by atoms with Crippen LogP contribution in [0.15, 0.2) is 30.5 Å². The summed E-state index contributed by atoms with van der Waals surface area (Å²) in [7, 11) is 0. The van der Waals surface area contributed by atoms with Gasteiger partial charge in [0, 0.05) is 11.6 Å². The molecule has 0 bridgehead atoms. The second kappa shape index (κ2) is 4.97. The van der Waals surface area contributed by atoms with Gasteiger partial charge in [-0.05, 0) is 12.1 Å². The number of aromatic nitrogens is 1. The molecule has 1 aromatic heterocycles. The van der Waals surface area contributed by atoms with Gasteiger partial charge in [0.1, 0.15) is 5.92 Å². The maximum absolute atomic E-state index is 12.3. The van der Waals surface area contributed by atoms with Crippen LogP contribution >= 0.6 is 0 Å². The Balaban J connectivity index is 1.83. The number of hydrogen-bond acceptors (Lipinski definition) is 3. The molecule has 20 heavy (non-hydrogen) atoms. The van der Waals surface area contributed by atoms with Crippen molar-refractivity contribution in [1.29, 1.82) is 0 Å². The van der Waals surface area contributed by atoms with E-state index in [4.69, 9.17) is 9.84 Å². The number of amides is 1. The number of nitrogens with one attached hydrogen (secondary N) is 2. The van der Waals surface area contributed by atoms with Crippen molar-refractivity contribution in [2.75, 3.05) is 13.2 Å². The van der Waals surface area contributed by atoms with Gasteiger partial charge in [0.05, 0.1) is 30.3 Å². The number of benzene rings is 1. The summed E-state index contributed by atoms with van der Waals surface area (Å²) < 4.78 is 5.14. The van der Waals surface area contributed by atoms with Crippen LogP contribution in [0.5, 0.6) is 0 Å². The zero-order valence-electron chi connectivity index (χ0n) is 10.6. The first kappa shape index (κ1) is 12.7. The average molecular weight is 274 g/mol. The molecule has 6 nitrogen and oxygen atoms in total. The van der Waals surface area contributed by atoms with E-state index in [9.17, 15) is 9.59 Å². The lowest BCUT2D eigenvalue weighted by molar-refractivity contribution is -0.142. The fraction of sp³-hybridized carbons (Fsp3) is 0.286. The van der Waals surface area contributed by atoms with Gasteiger partial charge in [-0.25, -0.2) is 0 Å². The molecule has 3 rings (SSSR count).